The summed E-state index contributed by atoms with van der Waals surface area (Å²) in [6, 6.07) is 11.2. The van der Waals surface area contributed by atoms with Gasteiger partial charge in [0.05, 0.1) is 16.6 Å². The molecule has 3 heteroatoms. The zero-order valence-corrected chi connectivity index (χ0v) is 10.8. The van der Waals surface area contributed by atoms with Gasteiger partial charge in [-0.25, -0.2) is 9.78 Å². The largest absolute Gasteiger partial charge is 0.478 e. The summed E-state index contributed by atoms with van der Waals surface area (Å²) in [6.45, 7) is 3.93. The van der Waals surface area contributed by atoms with E-state index in [9.17, 15) is 9.90 Å². The Morgan fingerprint density at radius 1 is 1.05 bits per heavy atom. The molecule has 0 aliphatic carbocycles. The number of aromatic nitrogens is 1. The second-order valence-electron chi connectivity index (χ2n) is 4.71. The number of fused-ring (bicyclic) bond motifs is 2. The first-order chi connectivity index (χ1) is 9.09. The summed E-state index contributed by atoms with van der Waals surface area (Å²) in [6.07, 6.45) is 0. The van der Waals surface area contributed by atoms with Crippen LogP contribution in [0.15, 0.2) is 36.4 Å². The number of hydrogen-bond donors (Lipinski definition) is 1. The monoisotopic (exact) mass is 251 g/mol. The molecule has 1 aromatic heterocycles. The Labute approximate surface area is 110 Å². The SMILES string of the molecule is Cc1ccc2nc3ccccc3c(C(=O)O)c2c1C. The van der Waals surface area contributed by atoms with Crippen molar-refractivity contribution in [3.05, 3.63) is 53.1 Å². The molecule has 1 heterocycles. The van der Waals surface area contributed by atoms with Crippen LogP contribution in [0.5, 0.6) is 0 Å². The van der Waals surface area contributed by atoms with E-state index in [1.807, 2.05) is 50.2 Å². The Balaban J connectivity index is 2.65. The van der Waals surface area contributed by atoms with E-state index in [2.05, 4.69) is 4.98 Å². The Hall–Kier alpha value is -2.42. The average Bonchev–Trinajstić information content (AvgIpc) is 2.40. The molecule has 0 fully saturated rings. The van der Waals surface area contributed by atoms with Crippen LogP contribution in [0.4, 0.5) is 0 Å². The summed E-state index contributed by atoms with van der Waals surface area (Å²) in [7, 11) is 0. The number of benzene rings is 2. The van der Waals surface area contributed by atoms with E-state index in [1.54, 1.807) is 0 Å². The molecule has 0 bridgehead atoms. The lowest BCUT2D eigenvalue weighted by molar-refractivity contribution is 0.0701. The summed E-state index contributed by atoms with van der Waals surface area (Å²) in [5, 5.41) is 11.0. The minimum atomic E-state index is -0.905. The van der Waals surface area contributed by atoms with Gasteiger partial charge in [0.1, 0.15) is 0 Å². The molecule has 19 heavy (non-hydrogen) atoms. The van der Waals surface area contributed by atoms with Crippen LogP contribution in [-0.2, 0) is 0 Å². The molecule has 0 radical (unpaired) electrons. The highest BCUT2D eigenvalue weighted by atomic mass is 16.4. The van der Waals surface area contributed by atoms with Gasteiger partial charge in [-0.2, -0.15) is 0 Å². The first-order valence-corrected chi connectivity index (χ1v) is 6.11. The van der Waals surface area contributed by atoms with E-state index in [0.29, 0.717) is 10.9 Å². The normalized spacial score (nSPS) is 11.1. The molecular formula is C16H13NO2. The Bertz CT molecular complexity index is 822. The number of para-hydroxylation sites is 1. The van der Waals surface area contributed by atoms with Gasteiger partial charge < -0.3 is 5.11 Å². The van der Waals surface area contributed by atoms with Crippen molar-refractivity contribution in [1.82, 2.24) is 4.98 Å². The second kappa shape index (κ2) is 4.05. The maximum Gasteiger partial charge on any atom is 0.337 e. The van der Waals surface area contributed by atoms with Crippen molar-refractivity contribution < 1.29 is 9.90 Å². The molecule has 0 amide bonds. The summed E-state index contributed by atoms with van der Waals surface area (Å²) >= 11 is 0. The van der Waals surface area contributed by atoms with E-state index in [4.69, 9.17) is 0 Å². The number of rotatable bonds is 1. The smallest absolute Gasteiger partial charge is 0.337 e. The van der Waals surface area contributed by atoms with Gasteiger partial charge >= 0.3 is 5.97 Å². The number of carboxylic acid groups (broad SMARTS) is 1. The van der Waals surface area contributed by atoms with Crippen LogP contribution >= 0.6 is 0 Å². The van der Waals surface area contributed by atoms with E-state index in [0.717, 1.165) is 27.5 Å². The average molecular weight is 251 g/mol. The molecule has 0 unspecified atom stereocenters. The van der Waals surface area contributed by atoms with Crippen molar-refractivity contribution in [2.45, 2.75) is 13.8 Å². The van der Waals surface area contributed by atoms with Gasteiger partial charge in [0.2, 0.25) is 0 Å². The second-order valence-corrected chi connectivity index (χ2v) is 4.71. The van der Waals surface area contributed by atoms with Gasteiger partial charge in [-0.15, -0.1) is 0 Å². The molecule has 3 rings (SSSR count). The summed E-state index contributed by atoms with van der Waals surface area (Å²) in [4.78, 5) is 16.2. The van der Waals surface area contributed by atoms with E-state index in [-0.39, 0.29) is 0 Å². The summed E-state index contributed by atoms with van der Waals surface area (Å²) in [5.41, 5.74) is 3.86. The van der Waals surface area contributed by atoms with Gasteiger partial charge in [-0.3, -0.25) is 0 Å². The fraction of sp³-hybridized carbons (Fsp3) is 0.125. The highest BCUT2D eigenvalue weighted by molar-refractivity contribution is 6.14. The van der Waals surface area contributed by atoms with Crippen LogP contribution in [0.2, 0.25) is 0 Å². The Morgan fingerprint density at radius 2 is 1.79 bits per heavy atom. The lowest BCUT2D eigenvalue weighted by Gasteiger charge is -2.11. The van der Waals surface area contributed by atoms with Crippen LogP contribution < -0.4 is 0 Å². The first kappa shape index (κ1) is 11.7. The molecule has 94 valence electrons. The van der Waals surface area contributed by atoms with Crippen LogP contribution in [0, 0.1) is 13.8 Å². The van der Waals surface area contributed by atoms with Gasteiger partial charge in [-0.05, 0) is 37.1 Å². The molecule has 0 spiro atoms. The molecular weight excluding hydrogens is 238 g/mol. The van der Waals surface area contributed by atoms with Crippen molar-refractivity contribution in [1.29, 1.82) is 0 Å². The molecule has 1 N–H and O–H groups in total. The predicted molar refractivity (Wildman–Crippen MR) is 75.7 cm³/mol. The zero-order valence-electron chi connectivity index (χ0n) is 10.8. The van der Waals surface area contributed by atoms with Crippen LogP contribution in [0.25, 0.3) is 21.8 Å². The minimum Gasteiger partial charge on any atom is -0.478 e. The third kappa shape index (κ3) is 1.66. The molecule has 0 aliphatic rings. The van der Waals surface area contributed by atoms with E-state index in [1.165, 1.54) is 0 Å². The standard InChI is InChI=1S/C16H13NO2/c1-9-7-8-13-14(10(9)2)15(16(18)19)11-5-3-4-6-12(11)17-13/h3-8H,1-2H3,(H,18,19). The van der Waals surface area contributed by atoms with Crippen molar-refractivity contribution in [2.24, 2.45) is 0 Å². The lowest BCUT2D eigenvalue weighted by atomic mass is 9.96. The topological polar surface area (TPSA) is 50.2 Å². The number of pyridine rings is 1. The summed E-state index contributed by atoms with van der Waals surface area (Å²) in [5.74, 6) is -0.905. The van der Waals surface area contributed by atoms with Gasteiger partial charge in [0.15, 0.2) is 0 Å². The minimum absolute atomic E-state index is 0.349. The molecule has 0 saturated carbocycles. The van der Waals surface area contributed by atoms with Gasteiger partial charge in [0.25, 0.3) is 0 Å². The third-order valence-electron chi connectivity index (χ3n) is 3.59. The van der Waals surface area contributed by atoms with Gasteiger partial charge in [0, 0.05) is 10.8 Å². The highest BCUT2D eigenvalue weighted by Gasteiger charge is 2.17. The van der Waals surface area contributed by atoms with Crippen molar-refractivity contribution in [2.75, 3.05) is 0 Å². The van der Waals surface area contributed by atoms with Crippen molar-refractivity contribution >= 4 is 27.8 Å². The van der Waals surface area contributed by atoms with E-state index < -0.39 is 5.97 Å². The van der Waals surface area contributed by atoms with E-state index >= 15 is 0 Å². The van der Waals surface area contributed by atoms with Crippen LogP contribution in [0.1, 0.15) is 21.5 Å². The number of aryl methyl sites for hydroxylation is 2. The Morgan fingerprint density at radius 3 is 2.53 bits per heavy atom. The predicted octanol–water partition coefficient (Wildman–Crippen LogP) is 3.70. The highest BCUT2D eigenvalue weighted by Crippen LogP contribution is 2.29. The van der Waals surface area contributed by atoms with Crippen LogP contribution in [-0.4, -0.2) is 16.1 Å². The quantitative estimate of drug-likeness (QED) is 0.671. The number of carbonyl (C=O) groups is 1. The number of carboxylic acids is 1. The van der Waals surface area contributed by atoms with Crippen LogP contribution in [0.3, 0.4) is 0 Å². The maximum absolute atomic E-state index is 11.7. The molecule has 0 atom stereocenters. The van der Waals surface area contributed by atoms with Crippen molar-refractivity contribution in [3.63, 3.8) is 0 Å². The van der Waals surface area contributed by atoms with Crippen molar-refractivity contribution in [3.8, 4) is 0 Å². The fourth-order valence-electron chi connectivity index (χ4n) is 2.48. The fourth-order valence-corrected chi connectivity index (χ4v) is 2.48. The maximum atomic E-state index is 11.7. The number of hydrogen-bond acceptors (Lipinski definition) is 2. The Kier molecular flexibility index (Phi) is 2.49. The van der Waals surface area contributed by atoms with Gasteiger partial charge in [-0.1, -0.05) is 24.3 Å². The molecule has 3 nitrogen and oxygen atoms in total. The molecule has 2 aromatic carbocycles. The molecule has 0 saturated heterocycles. The third-order valence-corrected chi connectivity index (χ3v) is 3.59. The zero-order chi connectivity index (χ0) is 13.6. The summed E-state index contributed by atoms with van der Waals surface area (Å²) < 4.78 is 0. The lowest BCUT2D eigenvalue weighted by Crippen LogP contribution is -2.02. The number of aromatic carboxylic acids is 1. The molecule has 0 aliphatic heterocycles. The number of nitrogens with zero attached hydrogens (tertiary/aromatic N) is 1. The first-order valence-electron chi connectivity index (χ1n) is 6.11. The molecule has 3 aromatic rings.